The van der Waals surface area contributed by atoms with Gasteiger partial charge in [0.15, 0.2) is 11.0 Å². The first-order valence-electron chi connectivity index (χ1n) is 12.4. The molecule has 2 amide bonds. The number of rotatable bonds is 4. The standard InChI is InChI=1S/C31H22N2O5/c1-19-12-14-20(15-13-19)17-32-24-10-4-3-9-23(24)31(30(32)36)26-27(34)22-8-2-5-11-25(22)38-28(26)29(35)33(31)18-21-7-6-16-37-21/h2-16H,17-18H2,1H3. The van der Waals surface area contributed by atoms with Crippen molar-refractivity contribution in [1.29, 1.82) is 0 Å². The Morgan fingerprint density at radius 2 is 1.58 bits per heavy atom. The largest absolute Gasteiger partial charge is 0.467 e. The summed E-state index contributed by atoms with van der Waals surface area (Å²) in [5.74, 6) is -0.523. The van der Waals surface area contributed by atoms with Crippen LogP contribution >= 0.6 is 0 Å². The number of hydrogen-bond donors (Lipinski definition) is 0. The van der Waals surface area contributed by atoms with E-state index in [9.17, 15) is 14.4 Å². The van der Waals surface area contributed by atoms with Crippen molar-refractivity contribution in [2.45, 2.75) is 25.6 Å². The first kappa shape index (κ1) is 22.3. The van der Waals surface area contributed by atoms with Crippen LogP contribution in [0.3, 0.4) is 0 Å². The molecule has 7 rings (SSSR count). The number of benzene rings is 3. The van der Waals surface area contributed by atoms with Crippen molar-refractivity contribution in [1.82, 2.24) is 4.90 Å². The molecule has 1 spiro atoms. The van der Waals surface area contributed by atoms with Crippen LogP contribution < -0.4 is 10.3 Å². The van der Waals surface area contributed by atoms with Gasteiger partial charge in [0.2, 0.25) is 5.76 Å². The summed E-state index contributed by atoms with van der Waals surface area (Å²) in [5, 5.41) is 0.320. The third kappa shape index (κ3) is 2.93. The normalized spacial score (nSPS) is 18.0. The molecule has 2 aliphatic heterocycles. The van der Waals surface area contributed by atoms with E-state index in [0.717, 1.165) is 11.1 Å². The lowest BCUT2D eigenvalue weighted by molar-refractivity contribution is -0.126. The molecule has 2 aliphatic rings. The third-order valence-corrected chi connectivity index (χ3v) is 7.50. The van der Waals surface area contributed by atoms with Gasteiger partial charge >= 0.3 is 0 Å². The molecule has 0 bridgehead atoms. The summed E-state index contributed by atoms with van der Waals surface area (Å²) in [5.41, 5.74) is 1.54. The molecule has 3 aromatic carbocycles. The fourth-order valence-corrected chi connectivity index (χ4v) is 5.75. The molecule has 4 heterocycles. The monoisotopic (exact) mass is 502 g/mol. The zero-order valence-electron chi connectivity index (χ0n) is 20.5. The summed E-state index contributed by atoms with van der Waals surface area (Å²) < 4.78 is 11.7. The van der Waals surface area contributed by atoms with E-state index in [-0.39, 0.29) is 30.3 Å². The Morgan fingerprint density at radius 1 is 0.816 bits per heavy atom. The Hall–Kier alpha value is -4.91. The second-order valence-corrected chi connectivity index (χ2v) is 9.71. The van der Waals surface area contributed by atoms with Crippen LogP contribution in [0, 0.1) is 6.92 Å². The fourth-order valence-electron chi connectivity index (χ4n) is 5.75. The van der Waals surface area contributed by atoms with Crippen LogP contribution in [0.2, 0.25) is 0 Å². The van der Waals surface area contributed by atoms with Crippen molar-refractivity contribution in [3.05, 3.63) is 135 Å². The molecule has 1 unspecified atom stereocenters. The molecule has 186 valence electrons. The van der Waals surface area contributed by atoms with Gasteiger partial charge in [0.25, 0.3) is 11.8 Å². The molecule has 2 aromatic heterocycles. The number of carbonyl (C=O) groups excluding carboxylic acids is 2. The van der Waals surface area contributed by atoms with Crippen molar-refractivity contribution in [3.63, 3.8) is 0 Å². The lowest BCUT2D eigenvalue weighted by atomic mass is 9.84. The number of aryl methyl sites for hydroxylation is 1. The number of para-hydroxylation sites is 2. The predicted molar refractivity (Wildman–Crippen MR) is 141 cm³/mol. The summed E-state index contributed by atoms with van der Waals surface area (Å²) in [6.07, 6.45) is 1.52. The Kier molecular flexibility index (Phi) is 4.72. The van der Waals surface area contributed by atoms with Gasteiger partial charge in [0.05, 0.1) is 36.0 Å². The zero-order valence-corrected chi connectivity index (χ0v) is 20.5. The number of amides is 2. The Morgan fingerprint density at radius 3 is 2.37 bits per heavy atom. The average Bonchev–Trinajstić information content (AvgIpc) is 3.60. The van der Waals surface area contributed by atoms with Gasteiger partial charge < -0.3 is 18.6 Å². The highest BCUT2D eigenvalue weighted by molar-refractivity contribution is 6.17. The van der Waals surface area contributed by atoms with Gasteiger partial charge in [-0.2, -0.15) is 0 Å². The smallest absolute Gasteiger partial charge is 0.291 e. The molecule has 0 radical (unpaired) electrons. The summed E-state index contributed by atoms with van der Waals surface area (Å²) in [6.45, 7) is 2.28. The maximum absolute atomic E-state index is 14.7. The molecule has 1 atom stereocenters. The maximum Gasteiger partial charge on any atom is 0.291 e. The van der Waals surface area contributed by atoms with Gasteiger partial charge in [-0.3, -0.25) is 14.4 Å². The fraction of sp³-hybridized carbons (Fsp3) is 0.129. The van der Waals surface area contributed by atoms with Gasteiger partial charge in [0, 0.05) is 5.56 Å². The number of nitrogens with zero attached hydrogens (tertiary/aromatic N) is 2. The molecule has 38 heavy (non-hydrogen) atoms. The molecular formula is C31H22N2O5. The summed E-state index contributed by atoms with van der Waals surface area (Å²) >= 11 is 0. The Balaban J connectivity index is 1.51. The van der Waals surface area contributed by atoms with Crippen LogP contribution in [0.15, 0.2) is 105 Å². The number of fused-ring (bicyclic) bond motifs is 5. The quantitative estimate of drug-likeness (QED) is 0.340. The van der Waals surface area contributed by atoms with E-state index in [1.807, 2.05) is 55.5 Å². The topological polar surface area (TPSA) is 84.0 Å². The van der Waals surface area contributed by atoms with Gasteiger partial charge in [-0.15, -0.1) is 0 Å². The van der Waals surface area contributed by atoms with E-state index in [1.54, 1.807) is 41.3 Å². The van der Waals surface area contributed by atoms with Crippen molar-refractivity contribution < 1.29 is 18.4 Å². The highest BCUT2D eigenvalue weighted by Crippen LogP contribution is 2.53. The first-order valence-corrected chi connectivity index (χ1v) is 12.4. The maximum atomic E-state index is 14.7. The van der Waals surface area contributed by atoms with E-state index in [1.165, 1.54) is 11.2 Å². The van der Waals surface area contributed by atoms with Gasteiger partial charge in [-0.25, -0.2) is 0 Å². The Bertz CT molecular complexity index is 1800. The highest BCUT2D eigenvalue weighted by atomic mass is 16.4. The summed E-state index contributed by atoms with van der Waals surface area (Å²) in [6, 6.07) is 25.5. The summed E-state index contributed by atoms with van der Waals surface area (Å²) in [4.78, 5) is 45.9. The minimum Gasteiger partial charge on any atom is -0.467 e. The van der Waals surface area contributed by atoms with Crippen LogP contribution in [-0.4, -0.2) is 16.7 Å². The van der Waals surface area contributed by atoms with Gasteiger partial charge in [-0.1, -0.05) is 60.2 Å². The van der Waals surface area contributed by atoms with E-state index in [0.29, 0.717) is 28.0 Å². The van der Waals surface area contributed by atoms with Crippen molar-refractivity contribution >= 4 is 28.5 Å². The average molecular weight is 503 g/mol. The van der Waals surface area contributed by atoms with Gasteiger partial charge in [0.1, 0.15) is 11.3 Å². The highest BCUT2D eigenvalue weighted by Gasteiger charge is 2.65. The molecule has 0 saturated carbocycles. The molecule has 0 saturated heterocycles. The van der Waals surface area contributed by atoms with Crippen LogP contribution in [0.1, 0.15) is 38.6 Å². The van der Waals surface area contributed by atoms with Crippen molar-refractivity contribution in [2.75, 3.05) is 4.90 Å². The lowest BCUT2D eigenvalue weighted by Gasteiger charge is -2.33. The lowest BCUT2D eigenvalue weighted by Crippen LogP contribution is -2.52. The molecular weight excluding hydrogens is 480 g/mol. The van der Waals surface area contributed by atoms with E-state index < -0.39 is 16.9 Å². The summed E-state index contributed by atoms with van der Waals surface area (Å²) in [7, 11) is 0. The van der Waals surface area contributed by atoms with E-state index >= 15 is 0 Å². The second-order valence-electron chi connectivity index (χ2n) is 9.71. The zero-order chi connectivity index (χ0) is 26.0. The molecule has 7 heteroatoms. The minimum absolute atomic E-state index is 0.00966. The second kappa shape index (κ2) is 8.05. The van der Waals surface area contributed by atoms with Crippen LogP contribution in [-0.2, 0) is 23.4 Å². The number of anilines is 1. The van der Waals surface area contributed by atoms with Crippen molar-refractivity contribution in [2.24, 2.45) is 0 Å². The molecule has 0 N–H and O–H groups in total. The van der Waals surface area contributed by atoms with E-state index in [4.69, 9.17) is 8.83 Å². The Labute approximate surface area is 217 Å². The van der Waals surface area contributed by atoms with E-state index in [2.05, 4.69) is 0 Å². The molecule has 0 aliphatic carbocycles. The number of furan rings is 1. The van der Waals surface area contributed by atoms with Gasteiger partial charge in [-0.05, 0) is 42.8 Å². The predicted octanol–water partition coefficient (Wildman–Crippen LogP) is 5.14. The van der Waals surface area contributed by atoms with Crippen molar-refractivity contribution in [3.8, 4) is 0 Å². The number of carbonyl (C=O) groups is 2. The third-order valence-electron chi connectivity index (χ3n) is 7.50. The first-order chi connectivity index (χ1) is 18.5. The number of hydrogen-bond acceptors (Lipinski definition) is 5. The van der Waals surface area contributed by atoms with Crippen LogP contribution in [0.4, 0.5) is 5.69 Å². The van der Waals surface area contributed by atoms with Crippen LogP contribution in [0.25, 0.3) is 11.0 Å². The molecule has 7 nitrogen and oxygen atoms in total. The minimum atomic E-state index is -1.69. The van der Waals surface area contributed by atoms with Crippen LogP contribution in [0.5, 0.6) is 0 Å². The molecule has 0 fully saturated rings. The SMILES string of the molecule is Cc1ccc(CN2C(=O)C3(c4ccccc42)c2c(oc4ccccc4c2=O)C(=O)N3Cc2ccco2)cc1. The molecule has 5 aromatic rings.